The second-order valence-electron chi connectivity index (χ2n) is 11.0. The molecule has 0 spiro atoms. The molecular weight excluding hydrogens is 494 g/mol. The molecule has 39 heavy (non-hydrogen) atoms. The topological polar surface area (TPSA) is 54.0 Å². The smallest absolute Gasteiger partial charge is 0.254 e. The summed E-state index contributed by atoms with van der Waals surface area (Å²) < 4.78 is 31.7. The van der Waals surface area contributed by atoms with Gasteiger partial charge in [-0.1, -0.05) is 18.2 Å². The Morgan fingerprint density at radius 3 is 2.38 bits per heavy atom. The number of amides is 1. The molecule has 4 aromatic rings. The van der Waals surface area contributed by atoms with Crippen molar-refractivity contribution in [3.05, 3.63) is 112 Å². The van der Waals surface area contributed by atoms with Gasteiger partial charge in [-0.2, -0.15) is 0 Å². The van der Waals surface area contributed by atoms with Gasteiger partial charge in [0.15, 0.2) is 0 Å². The lowest BCUT2D eigenvalue weighted by atomic mass is 9.85. The number of carbonyl (C=O) groups is 1. The number of nitrogens with one attached hydrogen (secondary N) is 1. The Kier molecular flexibility index (Phi) is 6.25. The van der Waals surface area contributed by atoms with Gasteiger partial charge in [0.2, 0.25) is 5.62 Å². The molecule has 1 aliphatic heterocycles. The Balaban J connectivity index is 1.46. The van der Waals surface area contributed by atoms with Gasteiger partial charge in [0.05, 0.1) is 12.6 Å². The van der Waals surface area contributed by atoms with Crippen LogP contribution in [0.3, 0.4) is 0 Å². The summed E-state index contributed by atoms with van der Waals surface area (Å²) in [7, 11) is 1.83. The van der Waals surface area contributed by atoms with E-state index in [2.05, 4.69) is 6.07 Å². The Morgan fingerprint density at radius 1 is 0.949 bits per heavy atom. The van der Waals surface area contributed by atoms with Gasteiger partial charge in [-0.3, -0.25) is 10.2 Å². The van der Waals surface area contributed by atoms with Crippen LogP contribution in [0.2, 0.25) is 0 Å². The Labute approximate surface area is 226 Å². The van der Waals surface area contributed by atoms with E-state index in [4.69, 9.17) is 5.41 Å². The summed E-state index contributed by atoms with van der Waals surface area (Å²) in [4.78, 5) is 16.2. The molecule has 200 valence electrons. The van der Waals surface area contributed by atoms with E-state index >= 15 is 0 Å². The minimum Gasteiger partial charge on any atom is -0.331 e. The maximum absolute atomic E-state index is 14.3. The maximum Gasteiger partial charge on any atom is 0.254 e. The van der Waals surface area contributed by atoms with Crippen molar-refractivity contribution in [1.29, 1.82) is 5.41 Å². The van der Waals surface area contributed by atoms with Gasteiger partial charge in [-0.05, 0) is 108 Å². The first-order valence-corrected chi connectivity index (χ1v) is 13.5. The molecular formula is C32H32F2N4O. The van der Waals surface area contributed by atoms with Crippen LogP contribution in [-0.4, -0.2) is 26.5 Å². The van der Waals surface area contributed by atoms with Gasteiger partial charge in [0, 0.05) is 31.5 Å². The van der Waals surface area contributed by atoms with Crippen LogP contribution in [0.4, 0.5) is 8.78 Å². The highest BCUT2D eigenvalue weighted by Crippen LogP contribution is 2.47. The van der Waals surface area contributed by atoms with E-state index in [1.165, 1.54) is 18.2 Å². The van der Waals surface area contributed by atoms with Crippen molar-refractivity contribution in [3.8, 4) is 11.1 Å². The number of aromatic nitrogens is 2. The molecule has 1 fully saturated rings. The van der Waals surface area contributed by atoms with Crippen LogP contribution in [0.5, 0.6) is 0 Å². The maximum atomic E-state index is 14.3. The van der Waals surface area contributed by atoms with Crippen LogP contribution in [0.15, 0.2) is 60.9 Å². The summed E-state index contributed by atoms with van der Waals surface area (Å²) in [6.45, 7) is 4.67. The first-order chi connectivity index (χ1) is 18.7. The molecule has 3 aromatic carbocycles. The fourth-order valence-corrected chi connectivity index (χ4v) is 6.03. The molecule has 5 nitrogen and oxygen atoms in total. The molecule has 0 saturated heterocycles. The summed E-state index contributed by atoms with van der Waals surface area (Å²) in [6, 6.07) is 14.0. The van der Waals surface area contributed by atoms with E-state index in [9.17, 15) is 13.6 Å². The lowest BCUT2D eigenvalue weighted by molar-refractivity contribution is 0.0632. The highest BCUT2D eigenvalue weighted by molar-refractivity contribution is 5.99. The van der Waals surface area contributed by atoms with Crippen LogP contribution in [0, 0.1) is 36.8 Å². The monoisotopic (exact) mass is 526 g/mol. The molecule has 1 aliphatic carbocycles. The quantitative estimate of drug-likeness (QED) is 0.326. The van der Waals surface area contributed by atoms with Crippen molar-refractivity contribution in [3.63, 3.8) is 0 Å². The van der Waals surface area contributed by atoms with Gasteiger partial charge >= 0.3 is 0 Å². The molecule has 0 bridgehead atoms. The molecule has 1 atom stereocenters. The van der Waals surface area contributed by atoms with Crippen molar-refractivity contribution in [1.82, 2.24) is 14.0 Å². The van der Waals surface area contributed by atoms with Crippen molar-refractivity contribution < 1.29 is 13.6 Å². The Bertz CT molecular complexity index is 1660. The first kappa shape index (κ1) is 25.3. The minimum absolute atomic E-state index is 0.0258. The van der Waals surface area contributed by atoms with Crippen molar-refractivity contribution in [2.75, 3.05) is 6.54 Å². The van der Waals surface area contributed by atoms with E-state index in [-0.39, 0.29) is 23.6 Å². The number of aryl methyl sites for hydroxylation is 3. The average molecular weight is 527 g/mol. The molecule has 0 radical (unpaired) electrons. The molecule has 1 amide bonds. The van der Waals surface area contributed by atoms with Crippen LogP contribution >= 0.6 is 0 Å². The zero-order valence-electron chi connectivity index (χ0n) is 22.5. The fraction of sp³-hybridized carbons (Fsp3) is 0.312. The molecule has 2 heterocycles. The predicted molar refractivity (Wildman–Crippen MR) is 146 cm³/mol. The Morgan fingerprint density at radius 2 is 1.72 bits per heavy atom. The number of hydrogen-bond donors (Lipinski definition) is 1. The second kappa shape index (κ2) is 9.63. The summed E-state index contributed by atoms with van der Waals surface area (Å²) >= 11 is 0. The van der Waals surface area contributed by atoms with Gasteiger partial charge in [-0.25, -0.2) is 8.78 Å². The molecule has 1 aromatic heterocycles. The zero-order chi connectivity index (χ0) is 27.4. The summed E-state index contributed by atoms with van der Waals surface area (Å²) in [5.74, 6) is -0.181. The molecule has 1 unspecified atom stereocenters. The third-order valence-electron chi connectivity index (χ3n) is 8.24. The molecule has 1 N–H and O–H groups in total. The number of nitrogens with zero attached hydrogens (tertiary/aromatic N) is 3. The van der Waals surface area contributed by atoms with Crippen LogP contribution in [-0.2, 0) is 20.0 Å². The Hall–Kier alpha value is -4.00. The zero-order valence-corrected chi connectivity index (χ0v) is 22.5. The average Bonchev–Trinajstić information content (AvgIpc) is 3.69. The largest absolute Gasteiger partial charge is 0.331 e. The highest BCUT2D eigenvalue weighted by atomic mass is 19.1. The number of hydrogen-bond acceptors (Lipinski definition) is 2. The van der Waals surface area contributed by atoms with Crippen LogP contribution in [0.25, 0.3) is 11.1 Å². The van der Waals surface area contributed by atoms with Crippen molar-refractivity contribution in [2.45, 2.75) is 45.7 Å². The van der Waals surface area contributed by atoms with Crippen molar-refractivity contribution in [2.24, 2.45) is 13.0 Å². The first-order valence-electron chi connectivity index (χ1n) is 13.5. The number of halogens is 2. The standard InChI is InChI=1S/C32H32F2N4O/c1-19-15-24(33)7-8-25(19)27-16-21(18-37-13-12-36(3)32(37)35)17-28-26(27)10-11-38(31(28)39)30(22-4-5-22)23-6-9-29(34)20(2)14-23/h6-9,12-17,22,30,35H,4-5,10-11,18H2,1-3H3. The van der Waals surface area contributed by atoms with E-state index in [0.29, 0.717) is 42.2 Å². The lowest BCUT2D eigenvalue weighted by Gasteiger charge is -2.37. The summed E-state index contributed by atoms with van der Waals surface area (Å²) in [6.07, 6.45) is 6.48. The second-order valence-corrected chi connectivity index (χ2v) is 11.0. The van der Waals surface area contributed by atoms with Gasteiger partial charge < -0.3 is 14.0 Å². The van der Waals surface area contributed by atoms with Gasteiger partial charge in [0.1, 0.15) is 11.6 Å². The van der Waals surface area contributed by atoms with E-state index in [1.54, 1.807) is 17.6 Å². The van der Waals surface area contributed by atoms with Gasteiger partial charge in [-0.15, -0.1) is 0 Å². The predicted octanol–water partition coefficient (Wildman–Crippen LogP) is 6.07. The normalized spacial score (nSPS) is 15.9. The SMILES string of the molecule is Cc1cc(C(C2CC2)N2CCc3c(cc(Cn4ccn(C)c4=N)cc3-c3ccc(F)cc3C)C2=O)ccc1F. The number of carbonyl (C=O) groups excluding carboxylic acids is 1. The third-order valence-corrected chi connectivity index (χ3v) is 8.24. The number of benzene rings is 3. The molecule has 1 saturated carbocycles. The van der Waals surface area contributed by atoms with Crippen LogP contribution in [0.1, 0.15) is 57.1 Å². The molecule has 7 heteroatoms. The van der Waals surface area contributed by atoms with E-state index < -0.39 is 0 Å². The van der Waals surface area contributed by atoms with E-state index in [0.717, 1.165) is 46.2 Å². The number of imidazole rings is 1. The summed E-state index contributed by atoms with van der Waals surface area (Å²) in [5.41, 5.74) is 7.14. The van der Waals surface area contributed by atoms with Crippen molar-refractivity contribution >= 4 is 5.91 Å². The van der Waals surface area contributed by atoms with Crippen LogP contribution < -0.4 is 5.62 Å². The minimum atomic E-state index is -0.288. The number of rotatable bonds is 6. The third kappa shape index (κ3) is 4.60. The van der Waals surface area contributed by atoms with E-state index in [1.807, 2.05) is 54.0 Å². The fourth-order valence-electron chi connectivity index (χ4n) is 6.03. The molecule has 6 rings (SSSR count). The highest BCUT2D eigenvalue weighted by Gasteiger charge is 2.41. The molecule has 2 aliphatic rings. The lowest BCUT2D eigenvalue weighted by Crippen LogP contribution is -2.41. The summed E-state index contributed by atoms with van der Waals surface area (Å²) in [5, 5.41) is 8.38. The van der Waals surface area contributed by atoms with Gasteiger partial charge in [0.25, 0.3) is 5.91 Å². The number of fused-ring (bicyclic) bond motifs is 1.